The summed E-state index contributed by atoms with van der Waals surface area (Å²) < 4.78 is 0. The molecule has 1 aromatic heterocycles. The van der Waals surface area contributed by atoms with E-state index in [0.29, 0.717) is 17.3 Å². The number of nitrogens with zero attached hydrogens (tertiary/aromatic N) is 1. The van der Waals surface area contributed by atoms with Crippen LogP contribution in [0.25, 0.3) is 0 Å². The van der Waals surface area contributed by atoms with E-state index in [9.17, 15) is 4.79 Å². The first kappa shape index (κ1) is 14.5. The molecule has 1 heterocycles. The molecule has 0 saturated carbocycles. The molecule has 0 atom stereocenters. The lowest BCUT2D eigenvalue weighted by molar-refractivity contribution is -0.115. The molecule has 0 aliphatic carbocycles. The highest BCUT2D eigenvalue weighted by atomic mass is 35.5. The second-order valence-corrected chi connectivity index (χ2v) is 4.90. The maximum atomic E-state index is 11.8. The Bertz CT molecular complexity index is 601. The molecule has 0 aliphatic rings. The van der Waals surface area contributed by atoms with Crippen molar-refractivity contribution in [3.63, 3.8) is 0 Å². The lowest BCUT2D eigenvalue weighted by Gasteiger charge is -2.08. The van der Waals surface area contributed by atoms with E-state index in [1.165, 1.54) is 0 Å². The van der Waals surface area contributed by atoms with Crippen LogP contribution >= 0.6 is 11.6 Å². The Kier molecular flexibility index (Phi) is 5.09. The van der Waals surface area contributed by atoms with Gasteiger partial charge in [-0.25, -0.2) is 0 Å². The summed E-state index contributed by atoms with van der Waals surface area (Å²) in [6.07, 6.45) is 3.55. The number of pyridine rings is 1. The Hall–Kier alpha value is -1.91. The van der Waals surface area contributed by atoms with E-state index in [2.05, 4.69) is 15.6 Å². The van der Waals surface area contributed by atoms with Crippen molar-refractivity contribution in [1.29, 1.82) is 0 Å². The van der Waals surface area contributed by atoms with Crippen molar-refractivity contribution in [1.82, 2.24) is 10.3 Å². The Morgan fingerprint density at radius 1 is 1.35 bits per heavy atom. The molecular weight excluding hydrogens is 274 g/mol. The number of carbonyl (C=O) groups excluding carboxylic acids is 1. The highest BCUT2D eigenvalue weighted by Gasteiger charge is 2.03. The number of nitrogens with one attached hydrogen (secondary N) is 2. The summed E-state index contributed by atoms with van der Waals surface area (Å²) in [6, 6.07) is 9.02. The number of anilines is 1. The quantitative estimate of drug-likeness (QED) is 0.890. The molecule has 0 aliphatic heterocycles. The van der Waals surface area contributed by atoms with Crippen LogP contribution < -0.4 is 10.6 Å². The first-order valence-electron chi connectivity index (χ1n) is 6.31. The summed E-state index contributed by atoms with van der Waals surface area (Å²) in [7, 11) is 0. The number of aryl methyl sites for hydroxylation is 1. The van der Waals surface area contributed by atoms with E-state index < -0.39 is 0 Å². The summed E-state index contributed by atoms with van der Waals surface area (Å²) in [6.45, 7) is 2.88. The monoisotopic (exact) mass is 289 g/mol. The van der Waals surface area contributed by atoms with Gasteiger partial charge in [-0.1, -0.05) is 17.7 Å². The van der Waals surface area contributed by atoms with Crippen molar-refractivity contribution in [2.24, 2.45) is 0 Å². The van der Waals surface area contributed by atoms with Crippen LogP contribution in [0.1, 0.15) is 11.1 Å². The summed E-state index contributed by atoms with van der Waals surface area (Å²) in [5.41, 5.74) is 2.94. The standard InChI is InChI=1S/C15H16ClN3O/c1-11-8-17-6-5-12(11)9-18-10-15(20)19-14-4-2-3-13(16)7-14/h2-8,18H,9-10H2,1H3,(H,19,20). The van der Waals surface area contributed by atoms with E-state index in [0.717, 1.165) is 11.1 Å². The van der Waals surface area contributed by atoms with Crippen molar-refractivity contribution in [2.45, 2.75) is 13.5 Å². The number of hydrogen-bond donors (Lipinski definition) is 2. The lowest BCUT2D eigenvalue weighted by Crippen LogP contribution is -2.27. The van der Waals surface area contributed by atoms with Gasteiger partial charge in [-0.15, -0.1) is 0 Å². The van der Waals surface area contributed by atoms with E-state index in [1.807, 2.05) is 19.2 Å². The zero-order valence-electron chi connectivity index (χ0n) is 11.2. The van der Waals surface area contributed by atoms with Crippen molar-refractivity contribution in [2.75, 3.05) is 11.9 Å². The van der Waals surface area contributed by atoms with E-state index in [4.69, 9.17) is 11.6 Å². The summed E-state index contributed by atoms with van der Waals surface area (Å²) >= 11 is 5.86. The molecule has 0 saturated heterocycles. The Morgan fingerprint density at radius 3 is 2.95 bits per heavy atom. The van der Waals surface area contributed by atoms with Gasteiger partial charge in [0, 0.05) is 29.6 Å². The molecule has 2 N–H and O–H groups in total. The Balaban J connectivity index is 1.80. The average Bonchev–Trinajstić information content (AvgIpc) is 2.41. The van der Waals surface area contributed by atoms with Crippen LogP contribution in [0, 0.1) is 6.92 Å². The molecule has 2 aromatic rings. The van der Waals surface area contributed by atoms with Gasteiger partial charge >= 0.3 is 0 Å². The molecule has 1 amide bonds. The number of benzene rings is 1. The second-order valence-electron chi connectivity index (χ2n) is 4.46. The number of hydrogen-bond acceptors (Lipinski definition) is 3. The summed E-state index contributed by atoms with van der Waals surface area (Å²) in [5.74, 6) is -0.0982. The third-order valence-electron chi connectivity index (χ3n) is 2.85. The second kappa shape index (κ2) is 7.03. The van der Waals surface area contributed by atoms with Crippen molar-refractivity contribution < 1.29 is 4.79 Å². The minimum absolute atomic E-state index is 0.0982. The molecule has 5 heteroatoms. The minimum atomic E-state index is -0.0982. The largest absolute Gasteiger partial charge is 0.325 e. The number of rotatable bonds is 5. The van der Waals surface area contributed by atoms with Crippen LogP contribution in [0.2, 0.25) is 5.02 Å². The number of halogens is 1. The molecule has 20 heavy (non-hydrogen) atoms. The third kappa shape index (κ3) is 4.33. The van der Waals surface area contributed by atoms with Gasteiger partial charge in [0.05, 0.1) is 6.54 Å². The molecule has 4 nitrogen and oxygen atoms in total. The van der Waals surface area contributed by atoms with Crippen molar-refractivity contribution in [3.05, 3.63) is 58.9 Å². The van der Waals surface area contributed by atoms with Crippen LogP contribution in [0.5, 0.6) is 0 Å². The maximum Gasteiger partial charge on any atom is 0.238 e. The summed E-state index contributed by atoms with van der Waals surface area (Å²) in [5, 5.41) is 6.49. The normalized spacial score (nSPS) is 10.3. The average molecular weight is 290 g/mol. The van der Waals surface area contributed by atoms with Gasteiger partial charge in [0.2, 0.25) is 5.91 Å². The number of aromatic nitrogens is 1. The molecule has 0 spiro atoms. The first-order chi connectivity index (χ1) is 9.65. The summed E-state index contributed by atoms with van der Waals surface area (Å²) in [4.78, 5) is 15.8. The van der Waals surface area contributed by atoms with Crippen LogP contribution in [-0.4, -0.2) is 17.4 Å². The topological polar surface area (TPSA) is 54.0 Å². The van der Waals surface area contributed by atoms with Crippen molar-refractivity contribution in [3.8, 4) is 0 Å². The lowest BCUT2D eigenvalue weighted by atomic mass is 10.1. The van der Waals surface area contributed by atoms with Gasteiger partial charge in [0.25, 0.3) is 0 Å². The predicted molar refractivity (Wildman–Crippen MR) is 80.8 cm³/mol. The fourth-order valence-electron chi connectivity index (χ4n) is 1.78. The van der Waals surface area contributed by atoms with Crippen LogP contribution in [0.15, 0.2) is 42.7 Å². The number of amides is 1. The van der Waals surface area contributed by atoms with E-state index >= 15 is 0 Å². The minimum Gasteiger partial charge on any atom is -0.325 e. The van der Waals surface area contributed by atoms with Gasteiger partial charge in [-0.2, -0.15) is 0 Å². The fourth-order valence-corrected chi connectivity index (χ4v) is 1.97. The zero-order chi connectivity index (χ0) is 14.4. The SMILES string of the molecule is Cc1cnccc1CNCC(=O)Nc1cccc(Cl)c1. The molecule has 0 unspecified atom stereocenters. The van der Waals surface area contributed by atoms with Gasteiger partial charge in [-0.3, -0.25) is 9.78 Å². The third-order valence-corrected chi connectivity index (χ3v) is 3.08. The van der Waals surface area contributed by atoms with E-state index in [-0.39, 0.29) is 12.5 Å². The van der Waals surface area contributed by atoms with Crippen LogP contribution in [0.4, 0.5) is 5.69 Å². The van der Waals surface area contributed by atoms with Gasteiger partial charge < -0.3 is 10.6 Å². The Morgan fingerprint density at radius 2 is 2.20 bits per heavy atom. The molecule has 0 bridgehead atoms. The molecule has 0 radical (unpaired) electrons. The fraction of sp³-hybridized carbons (Fsp3) is 0.200. The smallest absolute Gasteiger partial charge is 0.238 e. The zero-order valence-corrected chi connectivity index (χ0v) is 11.9. The molecular formula is C15H16ClN3O. The molecule has 2 rings (SSSR count). The van der Waals surface area contributed by atoms with Gasteiger partial charge in [-0.05, 0) is 42.3 Å². The van der Waals surface area contributed by atoms with Crippen LogP contribution in [-0.2, 0) is 11.3 Å². The van der Waals surface area contributed by atoms with Gasteiger partial charge in [0.1, 0.15) is 0 Å². The van der Waals surface area contributed by atoms with E-state index in [1.54, 1.807) is 30.5 Å². The maximum absolute atomic E-state index is 11.8. The van der Waals surface area contributed by atoms with Crippen molar-refractivity contribution >= 4 is 23.2 Å². The molecule has 1 aromatic carbocycles. The predicted octanol–water partition coefficient (Wildman–Crippen LogP) is 2.77. The molecule has 0 fully saturated rings. The molecule has 104 valence electrons. The van der Waals surface area contributed by atoms with Crippen LogP contribution in [0.3, 0.4) is 0 Å². The van der Waals surface area contributed by atoms with Gasteiger partial charge in [0.15, 0.2) is 0 Å². The highest BCUT2D eigenvalue weighted by molar-refractivity contribution is 6.30. The highest BCUT2D eigenvalue weighted by Crippen LogP contribution is 2.14. The number of carbonyl (C=O) groups is 1. The first-order valence-corrected chi connectivity index (χ1v) is 6.68. The Labute approximate surface area is 123 Å².